The third-order valence-corrected chi connectivity index (χ3v) is 5.97. The van der Waals surface area contributed by atoms with E-state index in [1.54, 1.807) is 16.2 Å². The molecule has 1 aromatic carbocycles. The van der Waals surface area contributed by atoms with Gasteiger partial charge in [0.25, 0.3) is 0 Å². The number of amides is 2. The van der Waals surface area contributed by atoms with Crippen LogP contribution in [0.2, 0.25) is 0 Å². The van der Waals surface area contributed by atoms with Crippen molar-refractivity contribution >= 4 is 28.5 Å². The largest absolute Gasteiger partial charge is 0.361 e. The van der Waals surface area contributed by atoms with Crippen molar-refractivity contribution < 1.29 is 9.59 Å². The molecule has 8 nitrogen and oxygen atoms in total. The number of nitrogens with zero attached hydrogens (tertiary/aromatic N) is 3. The molecule has 3 fully saturated rings. The Balaban J connectivity index is 1.66. The number of rotatable bonds is 2. The summed E-state index contributed by atoms with van der Waals surface area (Å²) < 4.78 is 3.18. The average Bonchev–Trinajstić information content (AvgIpc) is 2.88. The van der Waals surface area contributed by atoms with Crippen LogP contribution >= 0.6 is 0 Å². The molecular formula is C18H21N5O3. The lowest BCUT2D eigenvalue weighted by atomic mass is 9.88. The van der Waals surface area contributed by atoms with Gasteiger partial charge in [0.05, 0.1) is 16.7 Å². The molecule has 3 saturated heterocycles. The number of hydrogen-bond acceptors (Lipinski definition) is 5. The summed E-state index contributed by atoms with van der Waals surface area (Å²) in [5, 5.41) is 5.78. The number of nitrogens with one attached hydrogen (secondary N) is 2. The number of aryl methyl sites for hydroxylation is 1. The maximum absolute atomic E-state index is 13.0. The number of piperidine rings is 2. The van der Waals surface area contributed by atoms with Crippen LogP contribution in [0.15, 0.2) is 23.0 Å². The van der Waals surface area contributed by atoms with Gasteiger partial charge in [-0.2, -0.15) is 0 Å². The predicted molar refractivity (Wildman–Crippen MR) is 96.1 cm³/mol. The molecule has 0 radical (unpaired) electrons. The summed E-state index contributed by atoms with van der Waals surface area (Å²) in [7, 11) is 1.75. The van der Waals surface area contributed by atoms with Crippen molar-refractivity contribution in [2.24, 2.45) is 7.05 Å². The van der Waals surface area contributed by atoms with E-state index < -0.39 is 11.9 Å². The van der Waals surface area contributed by atoms with Crippen molar-refractivity contribution in [3.63, 3.8) is 0 Å². The Bertz CT molecular complexity index is 977. The molecule has 4 heterocycles. The van der Waals surface area contributed by atoms with Gasteiger partial charge in [0.2, 0.25) is 11.8 Å². The predicted octanol–water partition coefficient (Wildman–Crippen LogP) is -0.132. The molecule has 0 aliphatic carbocycles. The van der Waals surface area contributed by atoms with E-state index in [4.69, 9.17) is 0 Å². The van der Waals surface area contributed by atoms with Gasteiger partial charge in [-0.05, 0) is 25.0 Å². The van der Waals surface area contributed by atoms with Crippen LogP contribution in [0.5, 0.6) is 0 Å². The number of imidazole rings is 1. The Hall–Kier alpha value is -2.61. The van der Waals surface area contributed by atoms with E-state index in [1.807, 2.05) is 12.1 Å². The monoisotopic (exact) mass is 355 g/mol. The van der Waals surface area contributed by atoms with E-state index in [1.165, 1.54) is 6.42 Å². The molecule has 5 rings (SSSR count). The van der Waals surface area contributed by atoms with Crippen molar-refractivity contribution in [3.8, 4) is 0 Å². The molecule has 26 heavy (non-hydrogen) atoms. The quantitative estimate of drug-likeness (QED) is 0.733. The Morgan fingerprint density at radius 2 is 1.88 bits per heavy atom. The minimum absolute atomic E-state index is 0.217. The van der Waals surface area contributed by atoms with Crippen molar-refractivity contribution in [2.75, 3.05) is 18.0 Å². The number of imide groups is 1. The molecule has 2 bridgehead atoms. The van der Waals surface area contributed by atoms with Crippen LogP contribution < -0.4 is 21.2 Å². The molecule has 3 aliphatic heterocycles. The maximum Gasteiger partial charge on any atom is 0.329 e. The summed E-state index contributed by atoms with van der Waals surface area (Å²) in [5.41, 5.74) is 2.45. The van der Waals surface area contributed by atoms with Crippen LogP contribution in [-0.2, 0) is 16.6 Å². The topological polar surface area (TPSA) is 88.4 Å². The zero-order valence-electron chi connectivity index (χ0n) is 14.6. The molecule has 8 heteroatoms. The van der Waals surface area contributed by atoms with E-state index in [0.29, 0.717) is 18.5 Å². The highest BCUT2D eigenvalue weighted by Crippen LogP contribution is 2.38. The van der Waals surface area contributed by atoms with Crippen LogP contribution in [0.3, 0.4) is 0 Å². The van der Waals surface area contributed by atoms with Crippen LogP contribution in [0.1, 0.15) is 25.3 Å². The van der Waals surface area contributed by atoms with Gasteiger partial charge in [0.1, 0.15) is 6.04 Å². The number of piperazine rings is 1. The highest BCUT2D eigenvalue weighted by molar-refractivity contribution is 6.00. The third-order valence-electron chi connectivity index (χ3n) is 5.97. The number of hydrogen-bond donors (Lipinski definition) is 2. The zero-order valence-corrected chi connectivity index (χ0v) is 14.6. The van der Waals surface area contributed by atoms with Crippen molar-refractivity contribution in [1.29, 1.82) is 0 Å². The number of para-hydroxylation sites is 1. The fraction of sp³-hybridized carbons (Fsp3) is 0.500. The molecule has 2 aromatic rings. The summed E-state index contributed by atoms with van der Waals surface area (Å²) in [6, 6.07) is 6.15. The number of carbonyl (C=O) groups is 2. The first kappa shape index (κ1) is 15.6. The number of carbonyl (C=O) groups excluding carboxylic acids is 2. The number of benzene rings is 1. The first-order valence-corrected chi connectivity index (χ1v) is 9.09. The van der Waals surface area contributed by atoms with Crippen molar-refractivity contribution in [3.05, 3.63) is 28.7 Å². The molecule has 0 saturated carbocycles. The highest BCUT2D eigenvalue weighted by atomic mass is 16.2. The smallest absolute Gasteiger partial charge is 0.329 e. The Morgan fingerprint density at radius 1 is 1.12 bits per heavy atom. The summed E-state index contributed by atoms with van der Waals surface area (Å²) >= 11 is 0. The minimum Gasteiger partial charge on any atom is -0.361 e. The summed E-state index contributed by atoms with van der Waals surface area (Å²) in [5.74, 6) is -0.674. The van der Waals surface area contributed by atoms with E-state index in [2.05, 4.69) is 21.6 Å². The van der Waals surface area contributed by atoms with Gasteiger partial charge in [-0.1, -0.05) is 6.07 Å². The van der Waals surface area contributed by atoms with Crippen molar-refractivity contribution in [2.45, 2.75) is 37.4 Å². The summed E-state index contributed by atoms with van der Waals surface area (Å²) in [6.07, 6.45) is 1.78. The van der Waals surface area contributed by atoms with Crippen LogP contribution in [0.4, 0.5) is 5.69 Å². The third kappa shape index (κ3) is 2.02. The van der Waals surface area contributed by atoms with Crippen LogP contribution in [-0.4, -0.2) is 46.1 Å². The molecule has 136 valence electrons. The van der Waals surface area contributed by atoms with Crippen LogP contribution in [0, 0.1) is 0 Å². The second kappa shape index (κ2) is 5.44. The number of aromatic nitrogens is 2. The van der Waals surface area contributed by atoms with E-state index in [9.17, 15) is 14.4 Å². The fourth-order valence-electron chi connectivity index (χ4n) is 4.73. The first-order valence-electron chi connectivity index (χ1n) is 9.09. The molecular weight excluding hydrogens is 334 g/mol. The van der Waals surface area contributed by atoms with Crippen molar-refractivity contribution in [1.82, 2.24) is 19.8 Å². The second-order valence-electron chi connectivity index (χ2n) is 7.43. The SMILES string of the molecule is Cn1c(=O)n(C2CCC(=O)NC2=O)c2cccc(N3C4CNCC3C4)c21. The normalized spacial score (nSPS) is 28.2. The number of anilines is 1. The molecule has 3 aliphatic rings. The lowest BCUT2D eigenvalue weighted by Gasteiger charge is -2.54. The second-order valence-corrected chi connectivity index (χ2v) is 7.43. The summed E-state index contributed by atoms with van der Waals surface area (Å²) in [6.45, 7) is 1.91. The molecule has 3 unspecified atom stereocenters. The Kier molecular flexibility index (Phi) is 3.27. The Labute approximate surface area is 149 Å². The zero-order chi connectivity index (χ0) is 18.0. The van der Waals surface area contributed by atoms with Gasteiger partial charge >= 0.3 is 5.69 Å². The van der Waals surface area contributed by atoms with Gasteiger partial charge in [-0.3, -0.25) is 24.0 Å². The Morgan fingerprint density at radius 3 is 2.58 bits per heavy atom. The fourth-order valence-corrected chi connectivity index (χ4v) is 4.73. The molecule has 1 aromatic heterocycles. The first-order chi connectivity index (χ1) is 12.6. The average molecular weight is 355 g/mol. The standard InChI is InChI=1S/C18H21N5O3/c1-21-16-12(22-10-7-11(22)9-19-8-10)3-2-4-13(16)23(18(21)26)14-5-6-15(24)20-17(14)25/h2-4,10-11,14,19H,5-9H2,1H3,(H,20,24,25). The van der Waals surface area contributed by atoms with E-state index in [0.717, 1.165) is 29.8 Å². The van der Waals surface area contributed by atoms with Gasteiger partial charge in [0.15, 0.2) is 0 Å². The minimum atomic E-state index is -0.642. The van der Waals surface area contributed by atoms with Crippen LogP contribution in [0.25, 0.3) is 11.0 Å². The number of fused-ring (bicyclic) bond motifs is 3. The lowest BCUT2D eigenvalue weighted by molar-refractivity contribution is -0.135. The van der Waals surface area contributed by atoms with E-state index >= 15 is 0 Å². The molecule has 0 spiro atoms. The molecule has 2 amide bonds. The van der Waals surface area contributed by atoms with Gasteiger partial charge in [-0.15, -0.1) is 0 Å². The van der Waals surface area contributed by atoms with Gasteiger partial charge in [-0.25, -0.2) is 4.79 Å². The lowest BCUT2D eigenvalue weighted by Crippen LogP contribution is -2.68. The molecule has 2 N–H and O–H groups in total. The highest BCUT2D eigenvalue weighted by Gasteiger charge is 2.42. The van der Waals surface area contributed by atoms with Gasteiger partial charge in [0, 0.05) is 38.6 Å². The van der Waals surface area contributed by atoms with E-state index in [-0.39, 0.29) is 18.0 Å². The molecule has 3 atom stereocenters. The van der Waals surface area contributed by atoms with Gasteiger partial charge < -0.3 is 10.2 Å². The summed E-state index contributed by atoms with van der Waals surface area (Å²) in [4.78, 5) is 39.2. The maximum atomic E-state index is 13.0.